The Hall–Kier alpha value is -0.370. The smallest absolute Gasteiger partial charge is 0.0573 e. The lowest BCUT2D eigenvalue weighted by Crippen LogP contribution is -1.91. The number of rotatable bonds is 3. The average Bonchev–Trinajstić information content (AvgIpc) is 2.36. The quantitative estimate of drug-likeness (QED) is 0.676. The molecule has 62 valence electrons. The summed E-state index contributed by atoms with van der Waals surface area (Å²) in [5.74, 6) is 0.643. The monoisotopic (exact) mass is 169 g/mol. The van der Waals surface area contributed by atoms with Crippen molar-refractivity contribution in [3.05, 3.63) is 16.6 Å². The second-order valence-electron chi connectivity index (χ2n) is 3.05. The van der Waals surface area contributed by atoms with Crippen molar-refractivity contribution in [3.63, 3.8) is 0 Å². The van der Waals surface area contributed by atoms with Crippen LogP contribution in [0.15, 0.2) is 6.07 Å². The molecule has 0 bridgehead atoms. The maximum Gasteiger partial charge on any atom is 0.0573 e. The molecule has 0 aliphatic carbocycles. The Morgan fingerprint density at radius 2 is 2.36 bits per heavy atom. The molecule has 1 heterocycles. The SMILES string of the molecule is CCCC(C)c1cc(C)sn1. The third kappa shape index (κ3) is 2.29. The Morgan fingerprint density at radius 1 is 1.64 bits per heavy atom. The van der Waals surface area contributed by atoms with E-state index >= 15 is 0 Å². The van der Waals surface area contributed by atoms with E-state index in [2.05, 4.69) is 31.2 Å². The molecule has 1 nitrogen and oxygen atoms in total. The predicted octanol–water partition coefficient (Wildman–Crippen LogP) is 3.36. The third-order valence-corrected chi connectivity index (χ3v) is 2.58. The van der Waals surface area contributed by atoms with Crippen molar-refractivity contribution in [2.45, 2.75) is 39.5 Å². The standard InChI is InChI=1S/C9H15NS/c1-4-5-7(2)9-6-8(3)11-10-9/h6-7H,4-5H2,1-3H3. The summed E-state index contributed by atoms with van der Waals surface area (Å²) in [6, 6.07) is 2.20. The van der Waals surface area contributed by atoms with Crippen LogP contribution < -0.4 is 0 Å². The highest BCUT2D eigenvalue weighted by molar-refractivity contribution is 7.05. The van der Waals surface area contributed by atoms with Crippen LogP contribution in [0.25, 0.3) is 0 Å². The molecule has 0 spiro atoms. The van der Waals surface area contributed by atoms with E-state index < -0.39 is 0 Å². The predicted molar refractivity (Wildman–Crippen MR) is 50.2 cm³/mol. The molecule has 1 aromatic heterocycles. The first-order valence-electron chi connectivity index (χ1n) is 4.17. The first-order valence-corrected chi connectivity index (χ1v) is 4.94. The number of nitrogens with zero attached hydrogens (tertiary/aromatic N) is 1. The fraction of sp³-hybridized carbons (Fsp3) is 0.667. The van der Waals surface area contributed by atoms with Gasteiger partial charge in [0.2, 0.25) is 0 Å². The summed E-state index contributed by atoms with van der Waals surface area (Å²) < 4.78 is 4.38. The Morgan fingerprint density at radius 3 is 2.82 bits per heavy atom. The van der Waals surface area contributed by atoms with Gasteiger partial charge in [-0.2, -0.15) is 4.37 Å². The Labute approximate surface area is 72.6 Å². The molecule has 0 aliphatic heterocycles. The van der Waals surface area contributed by atoms with E-state index in [1.165, 1.54) is 23.4 Å². The van der Waals surface area contributed by atoms with Crippen LogP contribution in [0, 0.1) is 6.92 Å². The van der Waals surface area contributed by atoms with Crippen LogP contribution in [0.3, 0.4) is 0 Å². The molecule has 0 radical (unpaired) electrons. The van der Waals surface area contributed by atoms with E-state index in [0.717, 1.165) is 0 Å². The second kappa shape index (κ2) is 3.86. The molecule has 0 N–H and O–H groups in total. The van der Waals surface area contributed by atoms with Crippen molar-refractivity contribution in [1.29, 1.82) is 0 Å². The van der Waals surface area contributed by atoms with Gasteiger partial charge in [0, 0.05) is 4.88 Å². The highest BCUT2D eigenvalue weighted by Gasteiger charge is 2.06. The summed E-state index contributed by atoms with van der Waals surface area (Å²) in [5.41, 5.74) is 1.27. The van der Waals surface area contributed by atoms with Crippen LogP contribution in [-0.4, -0.2) is 4.37 Å². The van der Waals surface area contributed by atoms with Crippen LogP contribution in [-0.2, 0) is 0 Å². The van der Waals surface area contributed by atoms with Gasteiger partial charge in [-0.1, -0.05) is 20.3 Å². The molecule has 1 rings (SSSR count). The maximum atomic E-state index is 4.38. The van der Waals surface area contributed by atoms with Crippen LogP contribution in [0.5, 0.6) is 0 Å². The van der Waals surface area contributed by atoms with Crippen molar-refractivity contribution in [1.82, 2.24) is 4.37 Å². The van der Waals surface area contributed by atoms with Gasteiger partial charge in [-0.15, -0.1) is 0 Å². The van der Waals surface area contributed by atoms with Crippen LogP contribution in [0.1, 0.15) is 43.2 Å². The van der Waals surface area contributed by atoms with E-state index in [9.17, 15) is 0 Å². The average molecular weight is 169 g/mol. The highest BCUT2D eigenvalue weighted by atomic mass is 32.1. The highest BCUT2D eigenvalue weighted by Crippen LogP contribution is 2.21. The van der Waals surface area contributed by atoms with Crippen molar-refractivity contribution >= 4 is 11.5 Å². The number of hydrogen-bond donors (Lipinski definition) is 0. The third-order valence-electron chi connectivity index (χ3n) is 1.87. The van der Waals surface area contributed by atoms with Gasteiger partial charge in [-0.3, -0.25) is 0 Å². The van der Waals surface area contributed by atoms with E-state index in [4.69, 9.17) is 0 Å². The van der Waals surface area contributed by atoms with Gasteiger partial charge in [0.25, 0.3) is 0 Å². The largest absolute Gasteiger partial charge is 0.197 e. The second-order valence-corrected chi connectivity index (χ2v) is 4.06. The van der Waals surface area contributed by atoms with Gasteiger partial charge < -0.3 is 0 Å². The number of aromatic nitrogens is 1. The maximum absolute atomic E-state index is 4.38. The molecule has 0 saturated heterocycles. The first-order chi connectivity index (χ1) is 5.24. The molecule has 1 atom stereocenters. The van der Waals surface area contributed by atoms with Gasteiger partial charge in [-0.05, 0) is 36.9 Å². The van der Waals surface area contributed by atoms with Gasteiger partial charge in [0.15, 0.2) is 0 Å². The molecule has 1 unspecified atom stereocenters. The van der Waals surface area contributed by atoms with Crippen LogP contribution >= 0.6 is 11.5 Å². The molecule has 0 fully saturated rings. The van der Waals surface area contributed by atoms with Crippen molar-refractivity contribution in [2.24, 2.45) is 0 Å². The zero-order valence-electron chi connectivity index (χ0n) is 7.42. The Balaban J connectivity index is 2.60. The van der Waals surface area contributed by atoms with Gasteiger partial charge >= 0.3 is 0 Å². The van der Waals surface area contributed by atoms with E-state index in [-0.39, 0.29) is 0 Å². The summed E-state index contributed by atoms with van der Waals surface area (Å²) >= 11 is 1.61. The minimum absolute atomic E-state index is 0.643. The fourth-order valence-corrected chi connectivity index (χ4v) is 1.85. The lowest BCUT2D eigenvalue weighted by atomic mass is 10.0. The molecular formula is C9H15NS. The van der Waals surface area contributed by atoms with Gasteiger partial charge in [0.1, 0.15) is 0 Å². The molecule has 0 amide bonds. The first kappa shape index (κ1) is 8.72. The minimum atomic E-state index is 0.643. The zero-order chi connectivity index (χ0) is 8.27. The molecule has 0 aliphatic rings. The molecule has 2 heteroatoms. The lowest BCUT2D eigenvalue weighted by Gasteiger charge is -2.04. The van der Waals surface area contributed by atoms with Gasteiger partial charge in [0.05, 0.1) is 5.69 Å². The molecular weight excluding hydrogens is 154 g/mol. The van der Waals surface area contributed by atoms with E-state index in [0.29, 0.717) is 5.92 Å². The van der Waals surface area contributed by atoms with E-state index in [1.807, 2.05) is 0 Å². The van der Waals surface area contributed by atoms with Gasteiger partial charge in [-0.25, -0.2) is 0 Å². The minimum Gasteiger partial charge on any atom is -0.197 e. The molecule has 0 aromatic carbocycles. The summed E-state index contributed by atoms with van der Waals surface area (Å²) in [6.45, 7) is 6.58. The number of hydrogen-bond acceptors (Lipinski definition) is 2. The molecule has 0 saturated carbocycles. The fourth-order valence-electron chi connectivity index (χ4n) is 1.20. The summed E-state index contributed by atoms with van der Waals surface area (Å²) in [4.78, 5) is 1.32. The molecule has 11 heavy (non-hydrogen) atoms. The topological polar surface area (TPSA) is 12.9 Å². The zero-order valence-corrected chi connectivity index (χ0v) is 8.24. The van der Waals surface area contributed by atoms with Crippen LogP contribution in [0.2, 0.25) is 0 Å². The molecule has 1 aromatic rings. The summed E-state index contributed by atoms with van der Waals surface area (Å²) in [7, 11) is 0. The normalized spacial score (nSPS) is 13.4. The Kier molecular flexibility index (Phi) is 3.06. The van der Waals surface area contributed by atoms with Crippen LogP contribution in [0.4, 0.5) is 0 Å². The Bertz CT molecular complexity index is 217. The summed E-state index contributed by atoms with van der Waals surface area (Å²) in [5, 5.41) is 0. The summed E-state index contributed by atoms with van der Waals surface area (Å²) in [6.07, 6.45) is 2.50. The van der Waals surface area contributed by atoms with Crippen molar-refractivity contribution in [3.8, 4) is 0 Å². The lowest BCUT2D eigenvalue weighted by molar-refractivity contribution is 0.653. The van der Waals surface area contributed by atoms with Crippen molar-refractivity contribution in [2.75, 3.05) is 0 Å². The van der Waals surface area contributed by atoms with E-state index in [1.54, 1.807) is 11.5 Å². The number of aryl methyl sites for hydroxylation is 1. The van der Waals surface area contributed by atoms with Crippen molar-refractivity contribution < 1.29 is 0 Å².